The van der Waals surface area contributed by atoms with Crippen molar-refractivity contribution in [2.45, 2.75) is 75.0 Å². The van der Waals surface area contributed by atoms with Gasteiger partial charge in [-0.3, -0.25) is 14.6 Å². The second-order valence-corrected chi connectivity index (χ2v) is 10.2. The summed E-state index contributed by atoms with van der Waals surface area (Å²) in [7, 11) is 0. The van der Waals surface area contributed by atoms with Gasteiger partial charge in [0.2, 0.25) is 5.91 Å². The molecule has 0 bridgehead atoms. The Bertz CT molecular complexity index is 1120. The van der Waals surface area contributed by atoms with Gasteiger partial charge in [0.1, 0.15) is 5.60 Å². The third-order valence-corrected chi connectivity index (χ3v) is 7.50. The molecular weight excluding hydrogens is 501 g/mol. The van der Waals surface area contributed by atoms with E-state index in [0.717, 1.165) is 31.0 Å². The molecule has 2 aromatic rings. The number of pyridine rings is 1. The van der Waals surface area contributed by atoms with Crippen LogP contribution in [0.25, 0.3) is 0 Å². The number of amides is 2. The summed E-state index contributed by atoms with van der Waals surface area (Å²) in [4.78, 5) is 31.2. The summed E-state index contributed by atoms with van der Waals surface area (Å²) in [5.41, 5.74) is -1.43. The van der Waals surface area contributed by atoms with Gasteiger partial charge in [-0.25, -0.2) is 0 Å². The molecule has 2 amide bonds. The van der Waals surface area contributed by atoms with Gasteiger partial charge in [-0.2, -0.15) is 13.2 Å². The van der Waals surface area contributed by atoms with Gasteiger partial charge in [-0.05, 0) is 69.4 Å². The number of hydrogen-bond acceptors (Lipinski definition) is 6. The van der Waals surface area contributed by atoms with Crippen LogP contribution >= 0.6 is 0 Å². The van der Waals surface area contributed by atoms with Crippen LogP contribution in [0.1, 0.15) is 60.6 Å². The lowest BCUT2D eigenvalue weighted by Crippen LogP contribution is -2.47. The topological polar surface area (TPSA) is 115 Å². The van der Waals surface area contributed by atoms with E-state index in [1.165, 1.54) is 11.0 Å². The van der Waals surface area contributed by atoms with Crippen molar-refractivity contribution >= 4 is 11.8 Å². The Morgan fingerprint density at radius 3 is 2.53 bits per heavy atom. The summed E-state index contributed by atoms with van der Waals surface area (Å²) in [6, 6.07) is 9.09. The number of carbonyl (C=O) groups excluding carboxylic acids is 2. The molecule has 1 aromatic heterocycles. The van der Waals surface area contributed by atoms with Crippen molar-refractivity contribution in [2.75, 3.05) is 13.1 Å². The largest absolute Gasteiger partial charge is 0.416 e. The number of aliphatic hydroxyl groups is 2. The summed E-state index contributed by atoms with van der Waals surface area (Å²) in [5, 5.41) is 27.3. The van der Waals surface area contributed by atoms with Crippen molar-refractivity contribution in [1.82, 2.24) is 20.5 Å². The van der Waals surface area contributed by atoms with Gasteiger partial charge in [-0.15, -0.1) is 0 Å². The van der Waals surface area contributed by atoms with Crippen LogP contribution in [0.2, 0.25) is 0 Å². The lowest BCUT2D eigenvalue weighted by Gasteiger charge is -2.37. The van der Waals surface area contributed by atoms with Crippen molar-refractivity contribution in [1.29, 1.82) is 0 Å². The van der Waals surface area contributed by atoms with Crippen molar-refractivity contribution in [2.24, 2.45) is 0 Å². The minimum absolute atomic E-state index is 0.0799. The third-order valence-electron chi connectivity index (χ3n) is 7.50. The van der Waals surface area contributed by atoms with Gasteiger partial charge in [-0.1, -0.05) is 12.1 Å². The van der Waals surface area contributed by atoms with E-state index < -0.39 is 47.8 Å². The van der Waals surface area contributed by atoms with E-state index in [1.54, 1.807) is 13.1 Å². The molecule has 1 saturated heterocycles. The number of halogens is 3. The highest BCUT2D eigenvalue weighted by molar-refractivity contribution is 5.96. The molecule has 8 nitrogen and oxygen atoms in total. The number of rotatable bonds is 7. The first-order valence-corrected chi connectivity index (χ1v) is 12.8. The number of nitrogens with one attached hydrogen (secondary N) is 2. The summed E-state index contributed by atoms with van der Waals surface area (Å²) in [6.45, 7) is 1.53. The maximum Gasteiger partial charge on any atom is 0.416 e. The zero-order valence-corrected chi connectivity index (χ0v) is 21.1. The Morgan fingerprint density at radius 1 is 1.16 bits per heavy atom. The van der Waals surface area contributed by atoms with Gasteiger partial charge in [0.05, 0.1) is 29.9 Å². The highest BCUT2D eigenvalue weighted by Crippen LogP contribution is 2.36. The molecule has 1 aromatic carbocycles. The summed E-state index contributed by atoms with van der Waals surface area (Å²) in [5.74, 6) is -1.21. The molecule has 38 heavy (non-hydrogen) atoms. The van der Waals surface area contributed by atoms with Crippen molar-refractivity contribution < 1.29 is 33.0 Å². The number of benzene rings is 1. The maximum atomic E-state index is 13.0. The molecule has 2 aliphatic rings. The molecule has 0 radical (unpaired) electrons. The second kappa shape index (κ2) is 11.4. The minimum atomic E-state index is -4.58. The predicted octanol–water partition coefficient (Wildman–Crippen LogP) is 2.60. The molecule has 4 rings (SSSR count). The Balaban J connectivity index is 1.31. The number of alkyl halides is 3. The molecule has 4 N–H and O–H groups in total. The lowest BCUT2D eigenvalue weighted by atomic mass is 9.79. The molecule has 2 fully saturated rings. The number of hydrogen-bond donors (Lipinski definition) is 4. The average Bonchev–Trinajstić information content (AvgIpc) is 3.33. The first-order chi connectivity index (χ1) is 18.0. The Kier molecular flexibility index (Phi) is 8.39. The highest BCUT2D eigenvalue weighted by atomic mass is 19.4. The van der Waals surface area contributed by atoms with Gasteiger partial charge in [0, 0.05) is 30.4 Å². The predicted molar refractivity (Wildman–Crippen MR) is 133 cm³/mol. The van der Waals surface area contributed by atoms with Gasteiger partial charge in [0.15, 0.2) is 0 Å². The summed E-state index contributed by atoms with van der Waals surface area (Å²) >= 11 is 0. The van der Waals surface area contributed by atoms with Gasteiger partial charge >= 0.3 is 6.18 Å². The average molecular weight is 535 g/mol. The van der Waals surface area contributed by atoms with E-state index in [4.69, 9.17) is 0 Å². The molecule has 3 atom stereocenters. The number of carbonyl (C=O) groups is 2. The maximum absolute atomic E-state index is 13.0. The third kappa shape index (κ3) is 6.51. The van der Waals surface area contributed by atoms with Crippen LogP contribution in [0.15, 0.2) is 48.7 Å². The summed E-state index contributed by atoms with van der Waals surface area (Å²) in [6.07, 6.45) is -0.633. The molecule has 1 aliphatic carbocycles. The minimum Gasteiger partial charge on any atom is -0.391 e. The Morgan fingerprint density at radius 2 is 1.89 bits per heavy atom. The zero-order chi connectivity index (χ0) is 27.5. The second-order valence-electron chi connectivity index (χ2n) is 10.2. The van der Waals surface area contributed by atoms with Crippen molar-refractivity contribution in [3.05, 3.63) is 65.5 Å². The van der Waals surface area contributed by atoms with Crippen LogP contribution in [-0.4, -0.2) is 69.2 Å². The summed E-state index contributed by atoms with van der Waals surface area (Å²) < 4.78 is 38.9. The molecule has 206 valence electrons. The first kappa shape index (κ1) is 28.0. The van der Waals surface area contributed by atoms with Gasteiger partial charge in [0.25, 0.3) is 5.91 Å². The molecule has 11 heteroatoms. The fourth-order valence-corrected chi connectivity index (χ4v) is 5.42. The Hall–Kier alpha value is -3.02. The fourth-order valence-electron chi connectivity index (χ4n) is 5.42. The smallest absolute Gasteiger partial charge is 0.391 e. The fraction of sp³-hybridized carbons (Fsp3) is 0.519. The van der Waals surface area contributed by atoms with E-state index in [0.29, 0.717) is 31.5 Å². The van der Waals surface area contributed by atoms with Crippen LogP contribution in [0.5, 0.6) is 0 Å². The van der Waals surface area contributed by atoms with E-state index in [2.05, 4.69) is 15.6 Å². The van der Waals surface area contributed by atoms with Crippen LogP contribution in [0, 0.1) is 0 Å². The first-order valence-electron chi connectivity index (χ1n) is 12.8. The Labute approximate surface area is 219 Å². The number of aliphatic hydroxyl groups excluding tert-OH is 1. The molecule has 1 unspecified atom stereocenters. The normalized spacial score (nSPS) is 26.7. The van der Waals surface area contributed by atoms with Crippen LogP contribution in [0.3, 0.4) is 0 Å². The van der Waals surface area contributed by atoms with Crippen LogP contribution < -0.4 is 10.6 Å². The van der Waals surface area contributed by atoms with Crippen LogP contribution in [0.4, 0.5) is 13.2 Å². The van der Waals surface area contributed by atoms with Crippen molar-refractivity contribution in [3.63, 3.8) is 0 Å². The molecular formula is C27H33F3N4O4. The SMILES string of the molecule is C[C@@H](O)C1C[C@H](NC2CCC(O)(c3ccccn3)CC2)CN1C(=O)CNC(=O)c1cccc(C(F)(F)F)c1. The van der Waals surface area contributed by atoms with E-state index in [-0.39, 0.29) is 17.6 Å². The van der Waals surface area contributed by atoms with Crippen molar-refractivity contribution in [3.8, 4) is 0 Å². The lowest BCUT2D eigenvalue weighted by molar-refractivity contribution is -0.137. The number of likely N-dealkylation sites (tertiary alicyclic amines) is 1. The van der Waals surface area contributed by atoms with E-state index in [9.17, 15) is 33.0 Å². The quantitative estimate of drug-likeness (QED) is 0.434. The molecule has 1 aliphatic heterocycles. The van der Waals surface area contributed by atoms with Gasteiger partial charge < -0.3 is 25.7 Å². The zero-order valence-electron chi connectivity index (χ0n) is 21.1. The number of nitrogens with zero attached hydrogens (tertiary/aromatic N) is 2. The molecule has 1 saturated carbocycles. The monoisotopic (exact) mass is 534 g/mol. The molecule has 2 heterocycles. The van der Waals surface area contributed by atoms with Crippen LogP contribution in [-0.2, 0) is 16.6 Å². The standard InChI is InChI=1S/C27H33F3N4O4/c1-17(35)22-14-21(33-20-8-10-26(38,11-9-20)23-7-2-3-12-31-23)16-34(22)24(36)15-32-25(37)18-5-4-6-19(13-18)27(28,29)30/h2-7,12-13,17,20-22,33,35,38H,8-11,14-16H2,1H3,(H,32,37)/t17-,20?,21+,22?,26?/m1/s1. The highest BCUT2D eigenvalue weighted by Gasteiger charge is 2.41. The number of aromatic nitrogens is 1. The van der Waals surface area contributed by atoms with E-state index >= 15 is 0 Å². The molecule has 0 spiro atoms. The van der Waals surface area contributed by atoms with E-state index in [1.807, 2.05) is 18.2 Å².